The summed E-state index contributed by atoms with van der Waals surface area (Å²) in [5, 5.41) is 5.53. The number of carbonyl (C=O) groups excluding carboxylic acids is 2. The number of nitrogens with one attached hydrogen (secondary N) is 2. The van der Waals surface area contributed by atoms with Crippen LogP contribution >= 0.6 is 0 Å². The smallest absolute Gasteiger partial charge is 0.224 e. The quantitative estimate of drug-likeness (QED) is 0.682. The van der Waals surface area contributed by atoms with Gasteiger partial charge in [0.15, 0.2) is 0 Å². The second-order valence-corrected chi connectivity index (χ2v) is 4.42. The molecule has 5 heteroatoms. The first kappa shape index (κ1) is 12.6. The minimum Gasteiger partial charge on any atom is -0.354 e. The molecule has 0 radical (unpaired) electrons. The van der Waals surface area contributed by atoms with Crippen LogP contribution in [0.25, 0.3) is 0 Å². The maximum Gasteiger partial charge on any atom is 0.224 e. The summed E-state index contributed by atoms with van der Waals surface area (Å²) in [5.41, 5.74) is 7.54. The molecule has 0 bridgehead atoms. The number of nitrogens with two attached hydrogens (primary N) is 1. The molecule has 0 aromatic heterocycles. The summed E-state index contributed by atoms with van der Waals surface area (Å²) in [6.07, 6.45) is 0.669. The van der Waals surface area contributed by atoms with E-state index in [9.17, 15) is 9.59 Å². The SMILES string of the molecule is NCc1ccccc1CC(=O)NC1CNC(=O)C1. The van der Waals surface area contributed by atoms with Gasteiger partial charge in [0.2, 0.25) is 11.8 Å². The van der Waals surface area contributed by atoms with Crippen LogP contribution in [0.1, 0.15) is 17.5 Å². The summed E-state index contributed by atoms with van der Waals surface area (Å²) in [4.78, 5) is 22.9. The summed E-state index contributed by atoms with van der Waals surface area (Å²) in [6.45, 7) is 0.941. The number of rotatable bonds is 4. The van der Waals surface area contributed by atoms with Gasteiger partial charge >= 0.3 is 0 Å². The zero-order valence-corrected chi connectivity index (χ0v) is 10.1. The third-order valence-electron chi connectivity index (χ3n) is 3.03. The van der Waals surface area contributed by atoms with Crippen LogP contribution in [0.5, 0.6) is 0 Å². The highest BCUT2D eigenvalue weighted by molar-refractivity contribution is 5.83. The third kappa shape index (κ3) is 3.07. The van der Waals surface area contributed by atoms with E-state index in [1.807, 2.05) is 24.3 Å². The van der Waals surface area contributed by atoms with Crippen LogP contribution in [0.4, 0.5) is 0 Å². The second-order valence-electron chi connectivity index (χ2n) is 4.42. The summed E-state index contributed by atoms with van der Waals surface area (Å²) in [7, 11) is 0. The van der Waals surface area contributed by atoms with Crippen LogP contribution in [-0.4, -0.2) is 24.4 Å². The van der Waals surface area contributed by atoms with Crippen LogP contribution in [-0.2, 0) is 22.6 Å². The van der Waals surface area contributed by atoms with Gasteiger partial charge in [-0.15, -0.1) is 0 Å². The van der Waals surface area contributed by atoms with Gasteiger partial charge in [-0.2, -0.15) is 0 Å². The lowest BCUT2D eigenvalue weighted by atomic mass is 10.0. The number of hydrogen-bond donors (Lipinski definition) is 3. The van der Waals surface area contributed by atoms with Crippen molar-refractivity contribution in [3.8, 4) is 0 Å². The predicted octanol–water partition coefficient (Wildman–Crippen LogP) is -0.307. The molecule has 4 N–H and O–H groups in total. The second kappa shape index (κ2) is 5.64. The van der Waals surface area contributed by atoms with E-state index < -0.39 is 0 Å². The van der Waals surface area contributed by atoms with Crippen molar-refractivity contribution in [3.63, 3.8) is 0 Å². The highest BCUT2D eigenvalue weighted by Crippen LogP contribution is 2.09. The van der Waals surface area contributed by atoms with E-state index in [1.165, 1.54) is 0 Å². The molecule has 0 saturated carbocycles. The van der Waals surface area contributed by atoms with Gasteiger partial charge in [0.1, 0.15) is 0 Å². The summed E-state index contributed by atoms with van der Waals surface area (Å²) >= 11 is 0. The van der Waals surface area contributed by atoms with Crippen molar-refractivity contribution < 1.29 is 9.59 Å². The van der Waals surface area contributed by atoms with E-state index in [4.69, 9.17) is 5.73 Å². The molecule has 1 atom stereocenters. The normalized spacial score (nSPS) is 18.5. The van der Waals surface area contributed by atoms with Gasteiger partial charge in [-0.05, 0) is 11.1 Å². The van der Waals surface area contributed by atoms with E-state index in [0.29, 0.717) is 25.9 Å². The molecule has 18 heavy (non-hydrogen) atoms. The van der Waals surface area contributed by atoms with Crippen LogP contribution in [0.3, 0.4) is 0 Å². The molecular weight excluding hydrogens is 230 g/mol. The molecule has 1 saturated heterocycles. The van der Waals surface area contributed by atoms with Crippen LogP contribution in [0.15, 0.2) is 24.3 Å². The molecule has 1 heterocycles. The lowest BCUT2D eigenvalue weighted by molar-refractivity contribution is -0.121. The minimum atomic E-state index is -0.0879. The highest BCUT2D eigenvalue weighted by atomic mass is 16.2. The van der Waals surface area contributed by atoms with E-state index >= 15 is 0 Å². The number of amides is 2. The Hall–Kier alpha value is -1.88. The summed E-state index contributed by atoms with van der Waals surface area (Å²) in [5.74, 6) is -0.0833. The van der Waals surface area contributed by atoms with Crippen LogP contribution in [0, 0.1) is 0 Å². The molecule has 1 aromatic rings. The monoisotopic (exact) mass is 247 g/mol. The van der Waals surface area contributed by atoms with E-state index in [-0.39, 0.29) is 17.9 Å². The third-order valence-corrected chi connectivity index (χ3v) is 3.03. The van der Waals surface area contributed by atoms with Gasteiger partial charge in [0.05, 0.1) is 12.5 Å². The van der Waals surface area contributed by atoms with Crippen LogP contribution in [0.2, 0.25) is 0 Å². The van der Waals surface area contributed by atoms with Crippen molar-refractivity contribution in [2.75, 3.05) is 6.54 Å². The predicted molar refractivity (Wildman–Crippen MR) is 67.6 cm³/mol. The van der Waals surface area contributed by atoms with Crippen molar-refractivity contribution in [1.29, 1.82) is 0 Å². The Morgan fingerprint density at radius 2 is 2.11 bits per heavy atom. The van der Waals surface area contributed by atoms with E-state index in [1.54, 1.807) is 0 Å². The fraction of sp³-hybridized carbons (Fsp3) is 0.385. The van der Waals surface area contributed by atoms with Crippen molar-refractivity contribution in [2.24, 2.45) is 5.73 Å². The lowest BCUT2D eigenvalue weighted by Gasteiger charge is -2.12. The van der Waals surface area contributed by atoms with Crippen molar-refractivity contribution in [3.05, 3.63) is 35.4 Å². The first-order valence-electron chi connectivity index (χ1n) is 6.02. The minimum absolute atomic E-state index is 0.0114. The van der Waals surface area contributed by atoms with E-state index in [2.05, 4.69) is 10.6 Å². The summed E-state index contributed by atoms with van der Waals surface area (Å²) < 4.78 is 0. The zero-order chi connectivity index (χ0) is 13.0. The fourth-order valence-electron chi connectivity index (χ4n) is 2.09. The largest absolute Gasteiger partial charge is 0.354 e. The molecule has 0 spiro atoms. The van der Waals surface area contributed by atoms with Gasteiger partial charge in [0.25, 0.3) is 0 Å². The first-order valence-corrected chi connectivity index (χ1v) is 6.02. The molecule has 1 aromatic carbocycles. The molecular formula is C13H17N3O2. The summed E-state index contributed by atoms with van der Waals surface area (Å²) in [6, 6.07) is 7.53. The number of carbonyl (C=O) groups is 2. The molecule has 0 aliphatic carbocycles. The van der Waals surface area contributed by atoms with Gasteiger partial charge in [-0.1, -0.05) is 24.3 Å². The van der Waals surface area contributed by atoms with Gasteiger partial charge in [0, 0.05) is 19.5 Å². The molecule has 5 nitrogen and oxygen atoms in total. The Balaban J connectivity index is 1.92. The topological polar surface area (TPSA) is 84.2 Å². The molecule has 1 aliphatic rings. The maximum atomic E-state index is 11.9. The van der Waals surface area contributed by atoms with Crippen molar-refractivity contribution in [1.82, 2.24) is 10.6 Å². The average molecular weight is 247 g/mol. The first-order chi connectivity index (χ1) is 8.69. The Morgan fingerprint density at radius 1 is 1.39 bits per heavy atom. The van der Waals surface area contributed by atoms with Gasteiger partial charge in [-0.3, -0.25) is 9.59 Å². The molecule has 2 rings (SSSR count). The lowest BCUT2D eigenvalue weighted by Crippen LogP contribution is -2.37. The fourth-order valence-corrected chi connectivity index (χ4v) is 2.09. The van der Waals surface area contributed by atoms with Gasteiger partial charge < -0.3 is 16.4 Å². The van der Waals surface area contributed by atoms with Crippen molar-refractivity contribution >= 4 is 11.8 Å². The van der Waals surface area contributed by atoms with Gasteiger partial charge in [-0.25, -0.2) is 0 Å². The Bertz CT molecular complexity index is 459. The van der Waals surface area contributed by atoms with Crippen LogP contribution < -0.4 is 16.4 Å². The average Bonchev–Trinajstić information content (AvgIpc) is 2.75. The molecule has 2 amide bonds. The number of benzene rings is 1. The molecule has 1 unspecified atom stereocenters. The van der Waals surface area contributed by atoms with E-state index in [0.717, 1.165) is 11.1 Å². The highest BCUT2D eigenvalue weighted by Gasteiger charge is 2.22. The molecule has 1 aliphatic heterocycles. The Morgan fingerprint density at radius 3 is 2.72 bits per heavy atom. The zero-order valence-electron chi connectivity index (χ0n) is 10.1. The standard InChI is InChI=1S/C13H17N3O2/c14-7-10-4-2-1-3-9(10)5-13(18)16-11-6-12(17)15-8-11/h1-4,11H,5-8,14H2,(H,15,17)(H,16,18). The molecule has 1 fully saturated rings. The molecule has 96 valence electrons. The van der Waals surface area contributed by atoms with Crippen molar-refractivity contribution in [2.45, 2.75) is 25.4 Å². The Labute approximate surface area is 106 Å². The Kier molecular flexibility index (Phi) is 3.94. The maximum absolute atomic E-state index is 11.9. The number of hydrogen-bond acceptors (Lipinski definition) is 3.